The summed E-state index contributed by atoms with van der Waals surface area (Å²) >= 11 is 0. The highest BCUT2D eigenvalue weighted by Crippen LogP contribution is 2.28. The first-order valence-corrected chi connectivity index (χ1v) is 8.34. The average Bonchev–Trinajstić information content (AvgIpc) is 3.06. The van der Waals surface area contributed by atoms with E-state index in [9.17, 15) is 14.7 Å². The first-order valence-electron chi connectivity index (χ1n) is 8.34. The number of nitrogens with one attached hydrogen (secondary N) is 2. The van der Waals surface area contributed by atoms with E-state index in [1.165, 1.54) is 0 Å². The maximum Gasteiger partial charge on any atom is 0.273 e. The number of rotatable bonds is 4. The van der Waals surface area contributed by atoms with Crippen LogP contribution in [0, 0.1) is 13.8 Å². The molecule has 24 heavy (non-hydrogen) atoms. The lowest BCUT2D eigenvalue weighted by Gasteiger charge is -2.22. The van der Waals surface area contributed by atoms with Gasteiger partial charge in [0.05, 0.1) is 17.4 Å². The van der Waals surface area contributed by atoms with Crippen LogP contribution in [0.5, 0.6) is 0 Å². The topological polar surface area (TPSA) is 100 Å². The summed E-state index contributed by atoms with van der Waals surface area (Å²) in [6, 6.07) is 0. The van der Waals surface area contributed by atoms with E-state index in [0.29, 0.717) is 11.0 Å². The Balaban J connectivity index is 1.80. The quantitative estimate of drug-likeness (QED) is 0.772. The molecule has 1 saturated carbocycles. The van der Waals surface area contributed by atoms with Crippen LogP contribution in [0.15, 0.2) is 4.79 Å². The number of amides is 1. The summed E-state index contributed by atoms with van der Waals surface area (Å²) in [5, 5.41) is 16.4. The van der Waals surface area contributed by atoms with Gasteiger partial charge < -0.3 is 10.4 Å². The third-order valence-corrected chi connectivity index (χ3v) is 5.06. The Hall–Kier alpha value is -2.15. The predicted octanol–water partition coefficient (Wildman–Crippen LogP) is 0.842. The van der Waals surface area contributed by atoms with Gasteiger partial charge in [-0.3, -0.25) is 19.4 Å². The number of pyridine rings is 1. The normalized spacial score (nSPS) is 16.7. The zero-order valence-corrected chi connectivity index (χ0v) is 14.4. The van der Waals surface area contributed by atoms with E-state index < -0.39 is 5.60 Å². The maximum atomic E-state index is 12.3. The molecule has 7 nitrogen and oxygen atoms in total. The second-order valence-corrected chi connectivity index (χ2v) is 6.88. The number of carbonyl (C=O) groups is 1. The number of hydrogen-bond donors (Lipinski definition) is 3. The van der Waals surface area contributed by atoms with Crippen LogP contribution in [-0.4, -0.2) is 37.9 Å². The van der Waals surface area contributed by atoms with Crippen LogP contribution in [0.1, 0.15) is 42.5 Å². The van der Waals surface area contributed by atoms with Crippen LogP contribution in [0.25, 0.3) is 11.0 Å². The van der Waals surface area contributed by atoms with Crippen molar-refractivity contribution >= 4 is 16.9 Å². The Morgan fingerprint density at radius 2 is 2.04 bits per heavy atom. The van der Waals surface area contributed by atoms with E-state index in [1.807, 2.05) is 13.8 Å². The molecule has 0 bridgehead atoms. The van der Waals surface area contributed by atoms with Gasteiger partial charge in [-0.05, 0) is 37.8 Å². The smallest absolute Gasteiger partial charge is 0.273 e. The highest BCUT2D eigenvalue weighted by molar-refractivity contribution is 5.84. The zero-order valence-electron chi connectivity index (χ0n) is 14.4. The van der Waals surface area contributed by atoms with Crippen molar-refractivity contribution in [2.24, 2.45) is 7.05 Å². The number of aryl methyl sites for hydroxylation is 3. The molecule has 0 atom stereocenters. The Labute approximate surface area is 140 Å². The molecule has 0 unspecified atom stereocenters. The lowest BCUT2D eigenvalue weighted by molar-refractivity contribution is -0.121. The van der Waals surface area contributed by atoms with Crippen molar-refractivity contribution in [2.75, 3.05) is 6.54 Å². The van der Waals surface area contributed by atoms with Gasteiger partial charge in [0.15, 0.2) is 5.65 Å². The maximum absolute atomic E-state index is 12.3. The van der Waals surface area contributed by atoms with Gasteiger partial charge >= 0.3 is 0 Å². The summed E-state index contributed by atoms with van der Waals surface area (Å²) in [6.07, 6.45) is 3.63. The monoisotopic (exact) mass is 332 g/mol. The zero-order chi connectivity index (χ0) is 17.5. The number of aliphatic hydroxyl groups is 1. The van der Waals surface area contributed by atoms with E-state index in [2.05, 4.69) is 15.4 Å². The van der Waals surface area contributed by atoms with Crippen LogP contribution in [0.2, 0.25) is 0 Å². The number of fused-ring (bicyclic) bond motifs is 1. The minimum atomic E-state index is -0.765. The number of aromatic nitrogens is 3. The highest BCUT2D eigenvalue weighted by Gasteiger charge is 2.31. The minimum absolute atomic E-state index is 0.157. The van der Waals surface area contributed by atoms with E-state index in [-0.39, 0.29) is 24.4 Å². The largest absolute Gasteiger partial charge is 0.388 e. The molecule has 0 aromatic carbocycles. The summed E-state index contributed by atoms with van der Waals surface area (Å²) in [6.45, 7) is 3.97. The molecular weight excluding hydrogens is 308 g/mol. The van der Waals surface area contributed by atoms with Crippen LogP contribution in [0.4, 0.5) is 0 Å². The Bertz CT molecular complexity index is 844. The van der Waals surface area contributed by atoms with Gasteiger partial charge in [-0.1, -0.05) is 12.8 Å². The lowest BCUT2D eigenvalue weighted by atomic mass is 10.0. The molecule has 7 heteroatoms. The molecule has 0 spiro atoms. The fourth-order valence-corrected chi connectivity index (χ4v) is 3.60. The third-order valence-electron chi connectivity index (χ3n) is 5.06. The standard InChI is InChI=1S/C17H24N4O3/c1-10-12(8-13(22)18-9-17(24)6-4-5-7-17)11(2)19-15-14(10)16(23)20-21(15)3/h24H,4-9H2,1-3H3,(H,18,22)(H,20,23). The molecule has 130 valence electrons. The Kier molecular flexibility index (Phi) is 4.21. The number of H-pyrrole nitrogens is 1. The van der Waals surface area contributed by atoms with Crippen molar-refractivity contribution in [1.82, 2.24) is 20.1 Å². The van der Waals surface area contributed by atoms with Crippen molar-refractivity contribution in [1.29, 1.82) is 0 Å². The number of carbonyl (C=O) groups excluding carboxylic acids is 1. The van der Waals surface area contributed by atoms with E-state index in [0.717, 1.165) is 42.5 Å². The fraction of sp³-hybridized carbons (Fsp3) is 0.588. The molecule has 0 radical (unpaired) electrons. The SMILES string of the molecule is Cc1nc2c(c(C)c1CC(=O)NCC1(O)CCCC1)c(=O)[nH]n2C. The van der Waals surface area contributed by atoms with Crippen LogP contribution in [-0.2, 0) is 18.3 Å². The lowest BCUT2D eigenvalue weighted by Crippen LogP contribution is -2.41. The first kappa shape index (κ1) is 16.7. The van der Waals surface area contributed by atoms with E-state index in [4.69, 9.17) is 0 Å². The molecule has 2 aromatic heterocycles. The first-order chi connectivity index (χ1) is 11.3. The Morgan fingerprint density at radius 3 is 2.71 bits per heavy atom. The van der Waals surface area contributed by atoms with E-state index >= 15 is 0 Å². The highest BCUT2D eigenvalue weighted by atomic mass is 16.3. The van der Waals surface area contributed by atoms with Crippen molar-refractivity contribution in [3.63, 3.8) is 0 Å². The molecule has 1 aliphatic rings. The number of nitrogens with zero attached hydrogens (tertiary/aromatic N) is 2. The molecule has 2 aromatic rings. The molecule has 3 N–H and O–H groups in total. The van der Waals surface area contributed by atoms with Gasteiger partial charge in [0, 0.05) is 19.3 Å². The van der Waals surface area contributed by atoms with Gasteiger partial charge in [0.2, 0.25) is 5.91 Å². The summed E-state index contributed by atoms with van der Waals surface area (Å²) in [5.41, 5.74) is 1.94. The van der Waals surface area contributed by atoms with Crippen molar-refractivity contribution in [3.05, 3.63) is 27.2 Å². The van der Waals surface area contributed by atoms with Crippen molar-refractivity contribution in [3.8, 4) is 0 Å². The van der Waals surface area contributed by atoms with Gasteiger partial charge in [-0.15, -0.1) is 0 Å². The number of aromatic amines is 1. The fourth-order valence-electron chi connectivity index (χ4n) is 3.60. The average molecular weight is 332 g/mol. The molecule has 3 rings (SSSR count). The molecule has 1 aliphatic carbocycles. The Morgan fingerprint density at radius 1 is 1.38 bits per heavy atom. The molecule has 1 amide bonds. The van der Waals surface area contributed by atoms with Gasteiger partial charge in [0.25, 0.3) is 5.56 Å². The van der Waals surface area contributed by atoms with Gasteiger partial charge in [-0.2, -0.15) is 0 Å². The summed E-state index contributed by atoms with van der Waals surface area (Å²) in [4.78, 5) is 28.8. The molecule has 2 heterocycles. The molecular formula is C17H24N4O3. The number of hydrogen-bond acceptors (Lipinski definition) is 4. The summed E-state index contributed by atoms with van der Waals surface area (Å²) in [5.74, 6) is -0.157. The second kappa shape index (κ2) is 6.05. The summed E-state index contributed by atoms with van der Waals surface area (Å²) in [7, 11) is 1.74. The predicted molar refractivity (Wildman–Crippen MR) is 90.9 cm³/mol. The minimum Gasteiger partial charge on any atom is -0.388 e. The van der Waals surface area contributed by atoms with E-state index in [1.54, 1.807) is 11.7 Å². The molecule has 0 aliphatic heterocycles. The van der Waals surface area contributed by atoms with Crippen LogP contribution >= 0.6 is 0 Å². The van der Waals surface area contributed by atoms with Gasteiger partial charge in [0.1, 0.15) is 0 Å². The molecule has 1 fully saturated rings. The molecule has 0 saturated heterocycles. The van der Waals surface area contributed by atoms with Crippen LogP contribution in [0.3, 0.4) is 0 Å². The van der Waals surface area contributed by atoms with Crippen molar-refractivity contribution in [2.45, 2.75) is 51.6 Å². The van der Waals surface area contributed by atoms with Crippen molar-refractivity contribution < 1.29 is 9.90 Å². The summed E-state index contributed by atoms with van der Waals surface area (Å²) < 4.78 is 1.59. The van der Waals surface area contributed by atoms with Gasteiger partial charge in [-0.25, -0.2) is 4.98 Å². The van der Waals surface area contributed by atoms with Crippen LogP contribution < -0.4 is 10.9 Å². The second-order valence-electron chi connectivity index (χ2n) is 6.88. The third kappa shape index (κ3) is 2.96.